The highest BCUT2D eigenvalue weighted by Gasteiger charge is 2.28. The molecule has 0 aromatic heterocycles. The van der Waals surface area contributed by atoms with Crippen molar-refractivity contribution in [3.05, 3.63) is 53.6 Å². The molecular formula is C17H14N2O4. The molecule has 0 saturated carbocycles. The summed E-state index contributed by atoms with van der Waals surface area (Å²) < 4.78 is 0. The average molecular weight is 310 g/mol. The molecule has 0 bridgehead atoms. The van der Waals surface area contributed by atoms with Crippen LogP contribution in [0, 0.1) is 24.2 Å². The highest BCUT2D eigenvalue weighted by molar-refractivity contribution is 6.15. The second kappa shape index (κ2) is 6.62. The Kier molecular flexibility index (Phi) is 4.62. The number of rotatable bonds is 4. The van der Waals surface area contributed by atoms with Gasteiger partial charge in [0.2, 0.25) is 5.91 Å². The lowest BCUT2D eigenvalue weighted by Gasteiger charge is -2.10. The van der Waals surface area contributed by atoms with Gasteiger partial charge < -0.3 is 15.5 Å². The number of aromatic hydroxyl groups is 2. The summed E-state index contributed by atoms with van der Waals surface area (Å²) in [6.45, 7) is 1.85. The van der Waals surface area contributed by atoms with Gasteiger partial charge >= 0.3 is 0 Å². The molecular weight excluding hydrogens is 296 g/mol. The third-order valence-corrected chi connectivity index (χ3v) is 3.20. The molecule has 23 heavy (non-hydrogen) atoms. The van der Waals surface area contributed by atoms with Crippen molar-refractivity contribution >= 4 is 17.4 Å². The van der Waals surface area contributed by atoms with Crippen molar-refractivity contribution < 1.29 is 19.8 Å². The zero-order valence-corrected chi connectivity index (χ0v) is 12.3. The van der Waals surface area contributed by atoms with Gasteiger partial charge in [-0.3, -0.25) is 9.59 Å². The Morgan fingerprint density at radius 2 is 1.87 bits per heavy atom. The molecule has 0 radical (unpaired) electrons. The van der Waals surface area contributed by atoms with Crippen LogP contribution in [0.25, 0.3) is 0 Å². The van der Waals surface area contributed by atoms with Crippen LogP contribution in [0.1, 0.15) is 15.9 Å². The minimum absolute atomic E-state index is 0.0359. The Bertz CT molecular complexity index is 808. The lowest BCUT2D eigenvalue weighted by Crippen LogP contribution is -2.28. The number of carbonyl (C=O) groups is 2. The van der Waals surface area contributed by atoms with E-state index in [0.29, 0.717) is 5.69 Å². The highest BCUT2D eigenvalue weighted by atomic mass is 16.3. The van der Waals surface area contributed by atoms with Gasteiger partial charge in [0.1, 0.15) is 0 Å². The lowest BCUT2D eigenvalue weighted by atomic mass is 9.97. The molecule has 0 aliphatic carbocycles. The maximum atomic E-state index is 12.3. The second-order valence-corrected chi connectivity index (χ2v) is 4.99. The number of hydrogen-bond donors (Lipinski definition) is 3. The number of nitrogens with one attached hydrogen (secondary N) is 1. The Hall–Kier alpha value is -3.33. The number of phenolic OH excluding ortho intramolecular Hbond substituents is 2. The first-order valence-corrected chi connectivity index (χ1v) is 6.75. The van der Waals surface area contributed by atoms with Crippen LogP contribution in [0.15, 0.2) is 42.5 Å². The largest absolute Gasteiger partial charge is 0.504 e. The van der Waals surface area contributed by atoms with E-state index in [9.17, 15) is 19.8 Å². The smallest absolute Gasteiger partial charge is 0.249 e. The Morgan fingerprint density at radius 1 is 1.13 bits per heavy atom. The predicted molar refractivity (Wildman–Crippen MR) is 83.0 cm³/mol. The van der Waals surface area contributed by atoms with Crippen LogP contribution in [0.4, 0.5) is 5.69 Å². The van der Waals surface area contributed by atoms with Crippen LogP contribution in [0.3, 0.4) is 0 Å². The predicted octanol–water partition coefficient (Wildman–Crippen LogP) is 2.37. The normalized spacial score (nSPS) is 11.3. The van der Waals surface area contributed by atoms with Crippen LogP contribution in [-0.4, -0.2) is 21.9 Å². The lowest BCUT2D eigenvalue weighted by molar-refractivity contribution is -0.117. The highest BCUT2D eigenvalue weighted by Crippen LogP contribution is 2.26. The summed E-state index contributed by atoms with van der Waals surface area (Å²) in [6, 6.07) is 12.0. The first kappa shape index (κ1) is 16.0. The molecule has 116 valence electrons. The molecule has 2 aromatic rings. The topological polar surface area (TPSA) is 110 Å². The van der Waals surface area contributed by atoms with Gasteiger partial charge in [-0.25, -0.2) is 0 Å². The van der Waals surface area contributed by atoms with Crippen molar-refractivity contribution in [2.75, 3.05) is 5.32 Å². The van der Waals surface area contributed by atoms with E-state index in [1.54, 1.807) is 24.3 Å². The molecule has 2 aromatic carbocycles. The molecule has 1 amide bonds. The fraction of sp³-hybridized carbons (Fsp3) is 0.118. The van der Waals surface area contributed by atoms with E-state index in [1.165, 1.54) is 6.07 Å². The van der Waals surface area contributed by atoms with Crippen LogP contribution in [-0.2, 0) is 4.79 Å². The minimum atomic E-state index is -1.56. The van der Waals surface area contributed by atoms with Gasteiger partial charge in [-0.15, -0.1) is 0 Å². The third kappa shape index (κ3) is 3.66. The quantitative estimate of drug-likeness (QED) is 0.456. The summed E-state index contributed by atoms with van der Waals surface area (Å²) >= 11 is 0. The van der Waals surface area contributed by atoms with E-state index in [0.717, 1.165) is 17.7 Å². The van der Waals surface area contributed by atoms with Crippen LogP contribution >= 0.6 is 0 Å². The number of benzene rings is 2. The Balaban J connectivity index is 2.21. The Morgan fingerprint density at radius 3 is 2.48 bits per heavy atom. The summed E-state index contributed by atoms with van der Waals surface area (Å²) in [6.07, 6.45) is 0. The number of carbonyl (C=O) groups excluding carboxylic acids is 2. The molecule has 1 unspecified atom stereocenters. The van der Waals surface area contributed by atoms with Crippen molar-refractivity contribution in [2.24, 2.45) is 5.92 Å². The van der Waals surface area contributed by atoms with Gasteiger partial charge in [-0.05, 0) is 42.8 Å². The van der Waals surface area contributed by atoms with Gasteiger partial charge in [0.15, 0.2) is 23.2 Å². The number of ketones is 1. The fourth-order valence-corrected chi connectivity index (χ4v) is 2.02. The number of amides is 1. The van der Waals surface area contributed by atoms with Crippen LogP contribution < -0.4 is 5.32 Å². The molecule has 3 N–H and O–H groups in total. The summed E-state index contributed by atoms with van der Waals surface area (Å²) in [5, 5.41) is 30.3. The number of nitrogens with zero attached hydrogens (tertiary/aromatic N) is 1. The molecule has 1 atom stereocenters. The monoisotopic (exact) mass is 310 g/mol. The first-order chi connectivity index (χ1) is 10.9. The SMILES string of the molecule is Cc1cccc(NC(=O)C(C#N)C(=O)c2ccc(O)c(O)c2)c1. The summed E-state index contributed by atoms with van der Waals surface area (Å²) in [4.78, 5) is 24.4. The Labute approximate surface area is 132 Å². The second-order valence-electron chi connectivity index (χ2n) is 4.99. The number of nitriles is 1. The number of phenols is 2. The molecule has 0 fully saturated rings. The van der Waals surface area contributed by atoms with Crippen molar-refractivity contribution in [1.82, 2.24) is 0 Å². The van der Waals surface area contributed by atoms with Crippen molar-refractivity contribution in [1.29, 1.82) is 5.26 Å². The first-order valence-electron chi connectivity index (χ1n) is 6.75. The van der Waals surface area contributed by atoms with E-state index < -0.39 is 23.4 Å². The van der Waals surface area contributed by atoms with E-state index in [1.807, 2.05) is 13.0 Å². The maximum absolute atomic E-state index is 12.3. The number of aryl methyl sites for hydroxylation is 1. The summed E-state index contributed by atoms with van der Waals surface area (Å²) in [5.41, 5.74) is 1.37. The molecule has 0 aliphatic rings. The van der Waals surface area contributed by atoms with Gasteiger partial charge in [-0.1, -0.05) is 12.1 Å². The molecule has 0 heterocycles. The van der Waals surface area contributed by atoms with E-state index >= 15 is 0 Å². The van der Waals surface area contributed by atoms with E-state index in [2.05, 4.69) is 5.32 Å². The van der Waals surface area contributed by atoms with Crippen molar-refractivity contribution in [3.63, 3.8) is 0 Å². The maximum Gasteiger partial charge on any atom is 0.249 e. The molecule has 0 spiro atoms. The minimum Gasteiger partial charge on any atom is -0.504 e. The van der Waals surface area contributed by atoms with Crippen LogP contribution in [0.2, 0.25) is 0 Å². The zero-order chi connectivity index (χ0) is 17.0. The molecule has 0 aliphatic heterocycles. The molecule has 6 nitrogen and oxygen atoms in total. The third-order valence-electron chi connectivity index (χ3n) is 3.20. The van der Waals surface area contributed by atoms with E-state index in [4.69, 9.17) is 5.26 Å². The summed E-state index contributed by atoms with van der Waals surface area (Å²) in [7, 11) is 0. The van der Waals surface area contributed by atoms with E-state index in [-0.39, 0.29) is 11.3 Å². The molecule has 2 rings (SSSR count). The zero-order valence-electron chi connectivity index (χ0n) is 12.3. The van der Waals surface area contributed by atoms with Crippen molar-refractivity contribution in [2.45, 2.75) is 6.92 Å². The van der Waals surface area contributed by atoms with Gasteiger partial charge in [-0.2, -0.15) is 5.26 Å². The number of hydrogen-bond acceptors (Lipinski definition) is 5. The van der Waals surface area contributed by atoms with Gasteiger partial charge in [0.05, 0.1) is 6.07 Å². The van der Waals surface area contributed by atoms with Crippen LogP contribution in [0.5, 0.6) is 11.5 Å². The number of Topliss-reactive ketones (excluding diaryl/α,β-unsaturated/α-hetero) is 1. The summed E-state index contributed by atoms with van der Waals surface area (Å²) in [5.74, 6) is -3.95. The number of anilines is 1. The van der Waals surface area contributed by atoms with Gasteiger partial charge in [0.25, 0.3) is 0 Å². The fourth-order valence-electron chi connectivity index (χ4n) is 2.02. The van der Waals surface area contributed by atoms with Gasteiger partial charge in [0, 0.05) is 11.3 Å². The van der Waals surface area contributed by atoms with Crippen molar-refractivity contribution in [3.8, 4) is 17.6 Å². The molecule has 6 heteroatoms. The standard InChI is InChI=1S/C17H14N2O4/c1-10-3-2-4-12(7-10)19-17(23)13(9-18)16(22)11-5-6-14(20)15(21)8-11/h2-8,13,20-21H,1H3,(H,19,23). The average Bonchev–Trinajstić information content (AvgIpc) is 2.50. The molecule has 0 saturated heterocycles.